The van der Waals surface area contributed by atoms with Gasteiger partial charge in [0.2, 0.25) is 0 Å². The molecular formula is C12H15ClN2O2. The average molecular weight is 255 g/mol. The predicted octanol–water partition coefficient (Wildman–Crippen LogP) is 1.65. The van der Waals surface area contributed by atoms with E-state index in [-0.39, 0.29) is 37.6 Å². The number of benzene rings is 1. The van der Waals surface area contributed by atoms with Gasteiger partial charge in [-0.15, -0.1) is 12.4 Å². The van der Waals surface area contributed by atoms with E-state index >= 15 is 0 Å². The molecule has 5 heteroatoms. The molecule has 0 saturated carbocycles. The third-order valence-corrected chi connectivity index (χ3v) is 1.99. The molecule has 0 aliphatic heterocycles. The number of nitrogens with zero attached hydrogens (tertiary/aromatic N) is 1. The van der Waals surface area contributed by atoms with Gasteiger partial charge in [-0.1, -0.05) is 30.3 Å². The summed E-state index contributed by atoms with van der Waals surface area (Å²) in [6, 6.07) is 11.1. The molecule has 0 aliphatic rings. The number of rotatable bonds is 5. The average Bonchev–Trinajstić information content (AvgIpc) is 2.34. The van der Waals surface area contributed by atoms with E-state index in [1.165, 1.54) is 0 Å². The minimum absolute atomic E-state index is 0. The zero-order chi connectivity index (χ0) is 11.8. The summed E-state index contributed by atoms with van der Waals surface area (Å²) in [4.78, 5) is 11.2. The Morgan fingerprint density at radius 1 is 1.47 bits per heavy atom. The van der Waals surface area contributed by atoms with Crippen molar-refractivity contribution in [3.63, 3.8) is 0 Å². The van der Waals surface area contributed by atoms with Crippen molar-refractivity contribution < 1.29 is 9.53 Å². The largest absolute Gasteiger partial charge is 0.460 e. The van der Waals surface area contributed by atoms with Crippen LogP contribution in [0.15, 0.2) is 30.3 Å². The first-order valence-corrected chi connectivity index (χ1v) is 5.05. The van der Waals surface area contributed by atoms with Crippen molar-refractivity contribution in [1.82, 2.24) is 5.32 Å². The van der Waals surface area contributed by atoms with Crippen molar-refractivity contribution >= 4 is 18.4 Å². The van der Waals surface area contributed by atoms with Crippen molar-refractivity contribution in [3.8, 4) is 6.07 Å². The fourth-order valence-electron chi connectivity index (χ4n) is 1.07. The van der Waals surface area contributed by atoms with Crippen LogP contribution in [-0.4, -0.2) is 18.6 Å². The van der Waals surface area contributed by atoms with Crippen LogP contribution >= 0.6 is 12.4 Å². The van der Waals surface area contributed by atoms with Gasteiger partial charge < -0.3 is 4.74 Å². The molecule has 0 aliphatic carbocycles. The quantitative estimate of drug-likeness (QED) is 0.812. The molecule has 1 rings (SSSR count). The van der Waals surface area contributed by atoms with Gasteiger partial charge in [0, 0.05) is 0 Å². The first-order valence-electron chi connectivity index (χ1n) is 5.05. The van der Waals surface area contributed by atoms with E-state index in [2.05, 4.69) is 5.32 Å². The second-order valence-corrected chi connectivity index (χ2v) is 3.38. The summed E-state index contributed by atoms with van der Waals surface area (Å²) in [6.07, 6.45) is 0. The van der Waals surface area contributed by atoms with Crippen molar-refractivity contribution in [2.75, 3.05) is 6.54 Å². The highest BCUT2D eigenvalue weighted by Crippen LogP contribution is 2.00. The Balaban J connectivity index is 0.00000256. The number of carbonyl (C=O) groups excluding carboxylic acids is 1. The van der Waals surface area contributed by atoms with Crippen LogP contribution in [0, 0.1) is 11.3 Å². The summed E-state index contributed by atoms with van der Waals surface area (Å²) >= 11 is 0. The Labute approximate surface area is 107 Å². The smallest absolute Gasteiger partial charge is 0.320 e. The Morgan fingerprint density at radius 3 is 2.71 bits per heavy atom. The molecule has 0 fully saturated rings. The molecule has 0 bridgehead atoms. The lowest BCUT2D eigenvalue weighted by Gasteiger charge is -2.06. The highest BCUT2D eigenvalue weighted by Gasteiger charge is 2.05. The topological polar surface area (TPSA) is 62.1 Å². The van der Waals surface area contributed by atoms with Gasteiger partial charge in [0.25, 0.3) is 0 Å². The minimum atomic E-state index is -0.356. The van der Waals surface area contributed by atoms with Gasteiger partial charge in [0.15, 0.2) is 0 Å². The number of nitrogens with one attached hydrogen (secondary N) is 1. The van der Waals surface area contributed by atoms with E-state index in [1.807, 2.05) is 36.4 Å². The molecule has 0 heterocycles. The molecule has 0 saturated heterocycles. The van der Waals surface area contributed by atoms with Crippen LogP contribution in [0.5, 0.6) is 0 Å². The second kappa shape index (κ2) is 8.57. The van der Waals surface area contributed by atoms with Crippen LogP contribution in [0.2, 0.25) is 0 Å². The molecule has 0 radical (unpaired) electrons. The van der Waals surface area contributed by atoms with Crippen LogP contribution in [0.3, 0.4) is 0 Å². The maximum absolute atomic E-state index is 11.2. The summed E-state index contributed by atoms with van der Waals surface area (Å²) in [5, 5.41) is 11.2. The van der Waals surface area contributed by atoms with Gasteiger partial charge in [-0.25, -0.2) is 0 Å². The van der Waals surface area contributed by atoms with E-state index in [4.69, 9.17) is 10.00 Å². The van der Waals surface area contributed by atoms with E-state index in [9.17, 15) is 4.79 Å². The van der Waals surface area contributed by atoms with Crippen LogP contribution in [-0.2, 0) is 16.1 Å². The molecule has 1 N–H and O–H groups in total. The van der Waals surface area contributed by atoms with Crippen molar-refractivity contribution in [3.05, 3.63) is 35.9 Å². The Kier molecular flexibility index (Phi) is 7.78. The third-order valence-electron chi connectivity index (χ3n) is 1.99. The zero-order valence-electron chi connectivity index (χ0n) is 9.55. The number of ether oxygens (including phenoxy) is 1. The zero-order valence-corrected chi connectivity index (χ0v) is 10.4. The Bertz CT molecular complexity index is 376. The molecule has 1 aromatic carbocycles. The maximum Gasteiger partial charge on any atom is 0.320 e. The van der Waals surface area contributed by atoms with Crippen molar-refractivity contribution in [2.24, 2.45) is 0 Å². The lowest BCUT2D eigenvalue weighted by molar-refractivity contribution is -0.143. The van der Waals surface area contributed by atoms with Crippen molar-refractivity contribution in [2.45, 2.75) is 19.6 Å². The summed E-state index contributed by atoms with van der Waals surface area (Å²) in [7, 11) is 0. The van der Waals surface area contributed by atoms with Crippen LogP contribution in [0.1, 0.15) is 12.5 Å². The van der Waals surface area contributed by atoms with Gasteiger partial charge >= 0.3 is 5.97 Å². The van der Waals surface area contributed by atoms with Gasteiger partial charge in [-0.3, -0.25) is 10.1 Å². The first kappa shape index (κ1) is 15.4. The molecule has 17 heavy (non-hydrogen) atoms. The van der Waals surface area contributed by atoms with Gasteiger partial charge in [0.1, 0.15) is 6.61 Å². The van der Waals surface area contributed by atoms with Crippen molar-refractivity contribution in [1.29, 1.82) is 5.26 Å². The summed E-state index contributed by atoms with van der Waals surface area (Å²) in [5.41, 5.74) is 0.948. The molecule has 1 aromatic rings. The summed E-state index contributed by atoms with van der Waals surface area (Å²) in [5.74, 6) is -0.356. The second-order valence-electron chi connectivity index (χ2n) is 3.38. The highest BCUT2D eigenvalue weighted by molar-refractivity contribution is 5.85. The SMILES string of the molecule is CC(C#N)NCC(=O)OCc1ccccc1.Cl. The van der Waals surface area contributed by atoms with Gasteiger partial charge in [-0.05, 0) is 12.5 Å². The lowest BCUT2D eigenvalue weighted by atomic mass is 10.2. The molecule has 1 unspecified atom stereocenters. The van der Waals surface area contributed by atoms with E-state index in [0.717, 1.165) is 5.56 Å². The van der Waals surface area contributed by atoms with Gasteiger partial charge in [0.05, 0.1) is 18.7 Å². The first-order chi connectivity index (χ1) is 7.72. The maximum atomic E-state index is 11.2. The Hall–Kier alpha value is -1.57. The van der Waals surface area contributed by atoms with E-state index in [0.29, 0.717) is 0 Å². The molecule has 1 atom stereocenters. The summed E-state index contributed by atoms with van der Waals surface area (Å²) < 4.78 is 5.01. The Morgan fingerprint density at radius 2 is 2.12 bits per heavy atom. The molecule has 4 nitrogen and oxygen atoms in total. The third kappa shape index (κ3) is 6.56. The molecular weight excluding hydrogens is 240 g/mol. The number of esters is 1. The number of halogens is 1. The number of hydrogen-bond acceptors (Lipinski definition) is 4. The fraction of sp³-hybridized carbons (Fsp3) is 0.333. The normalized spacial score (nSPS) is 10.8. The number of hydrogen-bond donors (Lipinski definition) is 1. The van der Waals surface area contributed by atoms with Crippen LogP contribution in [0.4, 0.5) is 0 Å². The lowest BCUT2D eigenvalue weighted by Crippen LogP contribution is -2.31. The summed E-state index contributed by atoms with van der Waals surface area (Å²) in [6.45, 7) is 2.01. The predicted molar refractivity (Wildman–Crippen MR) is 66.6 cm³/mol. The van der Waals surface area contributed by atoms with E-state index in [1.54, 1.807) is 6.92 Å². The standard InChI is InChI=1S/C12H14N2O2.ClH/c1-10(7-13)14-8-12(15)16-9-11-5-3-2-4-6-11;/h2-6,10,14H,8-9H2,1H3;1H. The molecule has 0 amide bonds. The molecule has 0 spiro atoms. The fourth-order valence-corrected chi connectivity index (χ4v) is 1.07. The molecule has 0 aromatic heterocycles. The van der Waals surface area contributed by atoms with Crippen LogP contribution in [0.25, 0.3) is 0 Å². The van der Waals surface area contributed by atoms with Gasteiger partial charge in [-0.2, -0.15) is 5.26 Å². The minimum Gasteiger partial charge on any atom is -0.460 e. The monoisotopic (exact) mass is 254 g/mol. The van der Waals surface area contributed by atoms with Crippen LogP contribution < -0.4 is 5.32 Å². The number of carbonyl (C=O) groups is 1. The van der Waals surface area contributed by atoms with E-state index < -0.39 is 0 Å². The molecule has 92 valence electrons. The number of nitriles is 1. The highest BCUT2D eigenvalue weighted by atomic mass is 35.5.